The topological polar surface area (TPSA) is 104 Å². The van der Waals surface area contributed by atoms with Crippen LogP contribution in [0.5, 0.6) is 0 Å². The van der Waals surface area contributed by atoms with Gasteiger partial charge < -0.3 is 8.83 Å². The first-order valence-corrected chi connectivity index (χ1v) is 50.1. The number of aromatic nitrogens is 6. The molecular formula is C134H90N6O2S2. The van der Waals surface area contributed by atoms with Gasteiger partial charge in [-0.1, -0.05) is 370 Å². The molecule has 28 aromatic rings. The predicted molar refractivity (Wildman–Crippen MR) is 608 cm³/mol. The number of benzene rings is 22. The molecule has 0 aliphatic heterocycles. The fraction of sp³-hybridized carbons (Fsp3) is 0.0597. The highest BCUT2D eigenvalue weighted by Crippen LogP contribution is 2.56. The second kappa shape index (κ2) is 33.1. The molecule has 0 N–H and O–H groups in total. The molecule has 0 fully saturated rings. The van der Waals surface area contributed by atoms with Gasteiger partial charge in [-0.3, -0.25) is 0 Å². The lowest BCUT2D eigenvalue weighted by Crippen LogP contribution is -2.14. The Labute approximate surface area is 839 Å². The summed E-state index contributed by atoms with van der Waals surface area (Å²) in [5, 5.41) is 24.1. The summed E-state index contributed by atoms with van der Waals surface area (Å²) in [7, 11) is 0. The van der Waals surface area contributed by atoms with Crippen molar-refractivity contribution in [3.05, 3.63) is 447 Å². The van der Waals surface area contributed by atoms with Crippen LogP contribution in [0.3, 0.4) is 0 Å². The molecular weight excluding hydrogens is 1790 g/mol. The van der Waals surface area contributed by atoms with Crippen LogP contribution >= 0.6 is 22.7 Å². The van der Waals surface area contributed by atoms with Gasteiger partial charge in [0.15, 0.2) is 34.9 Å². The summed E-state index contributed by atoms with van der Waals surface area (Å²) >= 11 is 3.71. The van der Waals surface area contributed by atoms with E-state index >= 15 is 0 Å². The van der Waals surface area contributed by atoms with E-state index in [2.05, 4.69) is 404 Å². The third kappa shape index (κ3) is 13.4. The summed E-state index contributed by atoms with van der Waals surface area (Å²) in [4.78, 5) is 32.2. The fourth-order valence-electron chi connectivity index (χ4n) is 23.3. The highest BCUT2D eigenvalue weighted by atomic mass is 32.1. The molecule has 10 heteroatoms. The van der Waals surface area contributed by atoms with Gasteiger partial charge in [0.1, 0.15) is 22.3 Å². The molecule has 0 spiro atoms. The zero-order valence-corrected chi connectivity index (χ0v) is 79.4. The van der Waals surface area contributed by atoms with E-state index in [0.29, 0.717) is 34.9 Å². The lowest BCUT2D eigenvalue weighted by molar-refractivity contribution is 0.661. The average molecular weight is 1880 g/mol. The molecule has 6 heterocycles. The van der Waals surface area contributed by atoms with Crippen LogP contribution in [0.25, 0.3) is 284 Å². The Kier molecular flexibility index (Phi) is 19.7. The van der Waals surface area contributed by atoms with Gasteiger partial charge in [0.05, 0.1) is 0 Å². The zero-order valence-electron chi connectivity index (χ0n) is 77.7. The Balaban J connectivity index is 0.000000141. The van der Waals surface area contributed by atoms with E-state index in [9.17, 15) is 0 Å². The molecule has 22 aromatic carbocycles. The monoisotopic (exact) mass is 1880 g/mol. The maximum atomic E-state index is 6.67. The van der Waals surface area contributed by atoms with Crippen LogP contribution in [0.4, 0.5) is 0 Å². The predicted octanol–water partition coefficient (Wildman–Crippen LogP) is 37.8. The highest BCUT2D eigenvalue weighted by Gasteiger charge is 2.38. The van der Waals surface area contributed by atoms with Gasteiger partial charge in [-0.05, 0) is 240 Å². The first kappa shape index (κ1) is 85.6. The van der Waals surface area contributed by atoms with Crippen LogP contribution in [0.15, 0.2) is 433 Å². The van der Waals surface area contributed by atoms with Crippen molar-refractivity contribution in [3.63, 3.8) is 0 Å². The van der Waals surface area contributed by atoms with Gasteiger partial charge in [-0.2, -0.15) is 0 Å². The van der Waals surface area contributed by atoms with E-state index in [1.54, 1.807) is 0 Å². The van der Waals surface area contributed by atoms with E-state index in [1.807, 2.05) is 71.2 Å². The van der Waals surface area contributed by atoms with E-state index in [1.165, 1.54) is 155 Å². The van der Waals surface area contributed by atoms with Crippen LogP contribution in [-0.2, 0) is 10.8 Å². The van der Waals surface area contributed by atoms with Gasteiger partial charge in [-0.15, -0.1) is 22.7 Å². The molecule has 0 saturated heterocycles. The second-order valence-electron chi connectivity index (χ2n) is 38.9. The summed E-state index contributed by atoms with van der Waals surface area (Å²) < 4.78 is 18.5. The maximum Gasteiger partial charge on any atom is 0.164 e. The normalized spacial score (nSPS) is 12.9. The summed E-state index contributed by atoms with van der Waals surface area (Å²) in [5.74, 6) is 3.65. The van der Waals surface area contributed by atoms with Gasteiger partial charge in [0, 0.05) is 117 Å². The molecule has 0 unspecified atom stereocenters. The maximum absolute atomic E-state index is 6.67. The number of hydrogen-bond acceptors (Lipinski definition) is 10. The number of nitrogens with zero attached hydrogens (tertiary/aromatic N) is 6. The second-order valence-corrected chi connectivity index (χ2v) is 41.0. The third-order valence-electron chi connectivity index (χ3n) is 30.2. The van der Waals surface area contributed by atoms with E-state index in [4.69, 9.17) is 38.7 Å². The minimum absolute atomic E-state index is 0. The summed E-state index contributed by atoms with van der Waals surface area (Å²) in [6.07, 6.45) is 0. The summed E-state index contributed by atoms with van der Waals surface area (Å²) in [5.41, 5.74) is 27.9. The summed E-state index contributed by atoms with van der Waals surface area (Å²) in [6.45, 7) is 9.43. The van der Waals surface area contributed by atoms with Crippen molar-refractivity contribution in [2.24, 2.45) is 0 Å². The minimum Gasteiger partial charge on any atom is -0.455 e. The highest BCUT2D eigenvalue weighted by molar-refractivity contribution is 7.26. The lowest BCUT2D eigenvalue weighted by atomic mass is 9.81. The summed E-state index contributed by atoms with van der Waals surface area (Å²) in [6, 6.07) is 153. The van der Waals surface area contributed by atoms with Crippen molar-refractivity contribution in [1.29, 1.82) is 0 Å². The molecule has 0 saturated carbocycles. The van der Waals surface area contributed by atoms with Crippen LogP contribution in [-0.4, -0.2) is 29.9 Å². The lowest BCUT2D eigenvalue weighted by Gasteiger charge is -2.22. The van der Waals surface area contributed by atoms with Crippen LogP contribution in [0.1, 0.15) is 64.8 Å². The molecule has 0 radical (unpaired) electrons. The number of rotatable bonds is 10. The molecule has 0 amide bonds. The zero-order chi connectivity index (χ0) is 93.9. The Morgan fingerprint density at radius 1 is 0.174 bits per heavy atom. The number of furan rings is 2. The number of thiophene rings is 2. The Morgan fingerprint density at radius 2 is 0.451 bits per heavy atom. The first-order chi connectivity index (χ1) is 69.8. The van der Waals surface area contributed by atoms with Crippen molar-refractivity contribution >= 4 is 172 Å². The molecule has 8 nitrogen and oxygen atoms in total. The van der Waals surface area contributed by atoms with Crippen molar-refractivity contribution in [2.75, 3.05) is 0 Å². The average Bonchev–Trinajstić information content (AvgIpc) is 1.53. The van der Waals surface area contributed by atoms with Crippen molar-refractivity contribution in [2.45, 2.75) is 53.4 Å². The van der Waals surface area contributed by atoms with Crippen molar-refractivity contribution < 1.29 is 8.83 Å². The van der Waals surface area contributed by atoms with Gasteiger partial charge in [0.25, 0.3) is 0 Å². The molecule has 2 aliphatic carbocycles. The van der Waals surface area contributed by atoms with E-state index in [-0.39, 0.29) is 25.7 Å². The molecule has 0 bridgehead atoms. The molecule has 30 rings (SSSR count). The van der Waals surface area contributed by atoms with Gasteiger partial charge in [-0.25, -0.2) is 29.9 Å². The van der Waals surface area contributed by atoms with E-state index < -0.39 is 0 Å². The fourth-order valence-corrected chi connectivity index (χ4v) is 25.8. The molecule has 144 heavy (non-hydrogen) atoms. The van der Waals surface area contributed by atoms with Gasteiger partial charge in [0.2, 0.25) is 0 Å². The molecule has 6 aromatic heterocycles. The van der Waals surface area contributed by atoms with Crippen molar-refractivity contribution in [1.82, 2.24) is 29.9 Å². The van der Waals surface area contributed by atoms with E-state index in [0.717, 1.165) is 116 Å². The number of para-hydroxylation sites is 4. The quantitative estimate of drug-likeness (QED) is 0.125. The molecule has 0 atom stereocenters. The van der Waals surface area contributed by atoms with Crippen LogP contribution in [0.2, 0.25) is 0 Å². The minimum atomic E-state index is -0.124. The smallest absolute Gasteiger partial charge is 0.164 e. The van der Waals surface area contributed by atoms with Crippen LogP contribution < -0.4 is 0 Å². The number of hydrogen-bond donors (Lipinski definition) is 0. The largest absolute Gasteiger partial charge is 0.455 e. The SMILES string of the molecule is C.C.CC1(C)c2ccccc2-c2cc3c4ccccc4c4cc(-c5nc(-c6ccccc6)nc(-c6cc(-c7cccc8c7oc7ccccc78)cc(-c7cccc8c7oc7ccccc78)c6)n5)ccc4c3cc21.CC1(C)c2ccccc2-c2cc3c4ccccc4c4cc(-c5nc(-c6ccccc6)nc(-c6cc(-c7cccc8c7sc7ccccc78)cc(-c7cccc8c7sc7ccccc78)c6)n5)ccc4c3cc21. The Hall–Kier alpha value is -17.5. The third-order valence-corrected chi connectivity index (χ3v) is 32.6. The standard InChI is InChI=1S/C66H41N3O2.C66H41N3S2.2CH4/c2*1-66(2)57-27-11-8-20-48(57)56-36-54-46-19-7-6-18-45(46)53-35-39(30-31-47(53)55(54)37-58(56)66)64-67-63(38-16-4-3-5-17-38)68-65(69-64)42-33-40(43-23-14-25-51-49-21-9-12-28-59(49)70-61(43)51)32-41(34-42)44-24-15-26-52-50-22-10-13-29-60(50)71-62(44)52;;/h2*3-37H,1-2H3;2*1H4. The number of fused-ring (bicyclic) bond motifs is 30. The van der Waals surface area contributed by atoms with Gasteiger partial charge >= 0.3 is 0 Å². The molecule has 2 aliphatic rings. The van der Waals surface area contributed by atoms with Crippen LogP contribution in [0, 0.1) is 0 Å². The molecule has 680 valence electrons. The first-order valence-electron chi connectivity index (χ1n) is 48.5. The van der Waals surface area contributed by atoms with Crippen molar-refractivity contribution in [3.8, 4) is 135 Å². The Morgan fingerprint density at radius 3 is 0.854 bits per heavy atom. The Bertz CT molecular complexity index is 9450.